The van der Waals surface area contributed by atoms with Crippen molar-refractivity contribution in [3.63, 3.8) is 0 Å². The van der Waals surface area contributed by atoms with Gasteiger partial charge in [0, 0.05) is 28.5 Å². The zero-order valence-electron chi connectivity index (χ0n) is 28.9. The lowest BCUT2D eigenvalue weighted by Gasteiger charge is -2.55. The Kier molecular flexibility index (Phi) is 7.52. The molecule has 260 valence electrons. The minimum Gasteiger partial charge on any atom is -0.508 e. The summed E-state index contributed by atoms with van der Waals surface area (Å²) < 4.78 is 0. The number of hydrogen-bond donors (Lipinski definition) is 1. The highest BCUT2D eigenvalue weighted by Gasteiger charge is 2.66. The highest BCUT2D eigenvalue weighted by atomic mass is 16.3. The number of phenolic OH excluding ortho intramolecular Hbond substituents is 1. The van der Waals surface area contributed by atoms with Crippen molar-refractivity contribution in [2.75, 3.05) is 4.90 Å². The van der Waals surface area contributed by atoms with Gasteiger partial charge in [0.2, 0.25) is 11.8 Å². The summed E-state index contributed by atoms with van der Waals surface area (Å²) in [6.07, 6.45) is 3.91. The summed E-state index contributed by atoms with van der Waals surface area (Å²) >= 11 is 0. The third-order valence-corrected chi connectivity index (χ3v) is 12.1. The van der Waals surface area contributed by atoms with Gasteiger partial charge in [-0.15, -0.1) is 0 Å². The van der Waals surface area contributed by atoms with Crippen LogP contribution < -0.4 is 4.90 Å². The van der Waals surface area contributed by atoms with Gasteiger partial charge in [0.05, 0.1) is 22.9 Å². The maximum atomic E-state index is 15.4. The van der Waals surface area contributed by atoms with Crippen molar-refractivity contribution < 1.29 is 29.1 Å². The summed E-state index contributed by atoms with van der Waals surface area (Å²) in [6.45, 7) is 1.46. The number of carbonyl (C=O) groups is 5. The van der Waals surface area contributed by atoms with E-state index in [0.717, 1.165) is 16.3 Å². The third kappa shape index (κ3) is 4.69. The van der Waals surface area contributed by atoms with E-state index in [2.05, 4.69) is 0 Å². The quantitative estimate of drug-likeness (QED) is 0.114. The van der Waals surface area contributed by atoms with E-state index in [1.807, 2.05) is 97.1 Å². The first-order valence-electron chi connectivity index (χ1n) is 18.0. The van der Waals surface area contributed by atoms with E-state index >= 15 is 9.59 Å². The van der Waals surface area contributed by atoms with Crippen molar-refractivity contribution >= 4 is 51.2 Å². The standard InChI is InChI=1S/C46H35NO6/c1-26(48)27-16-19-31(20-17-27)47-44(52)34-22-21-33-36(40(34)45(47)53)24-37-43(51)35(28-10-4-2-5-11-28)25-39(50)46(37,30-13-6-3-7-14-30)42(33)41-32-15-9-8-12-29(32)18-23-38(41)49/h2-21,23,25,34,36-37,40,42,49H,22,24H2,1H3. The van der Waals surface area contributed by atoms with Crippen molar-refractivity contribution in [3.05, 3.63) is 161 Å². The van der Waals surface area contributed by atoms with Crippen molar-refractivity contribution in [3.8, 4) is 5.75 Å². The highest BCUT2D eigenvalue weighted by Crippen LogP contribution is 2.65. The molecule has 0 bridgehead atoms. The Morgan fingerprint density at radius 2 is 1.43 bits per heavy atom. The molecule has 6 atom stereocenters. The van der Waals surface area contributed by atoms with Crippen molar-refractivity contribution in [1.29, 1.82) is 0 Å². The molecule has 5 aromatic rings. The molecular weight excluding hydrogens is 663 g/mol. The summed E-state index contributed by atoms with van der Waals surface area (Å²) in [5.74, 6) is -5.09. The number of nitrogens with zero attached hydrogens (tertiary/aromatic N) is 1. The molecule has 1 aliphatic heterocycles. The minimum absolute atomic E-state index is 0.00877. The molecule has 7 heteroatoms. The second-order valence-electron chi connectivity index (χ2n) is 14.6. The maximum absolute atomic E-state index is 15.4. The number of aromatic hydroxyl groups is 1. The van der Waals surface area contributed by atoms with Crippen LogP contribution in [0.2, 0.25) is 0 Å². The largest absolute Gasteiger partial charge is 0.508 e. The van der Waals surface area contributed by atoms with Gasteiger partial charge in [0.25, 0.3) is 0 Å². The molecule has 1 N–H and O–H groups in total. The second-order valence-corrected chi connectivity index (χ2v) is 14.6. The average Bonchev–Trinajstić information content (AvgIpc) is 3.45. The minimum atomic E-state index is -1.46. The van der Waals surface area contributed by atoms with Crippen molar-refractivity contribution in [2.24, 2.45) is 23.7 Å². The zero-order valence-corrected chi connectivity index (χ0v) is 28.9. The Labute approximate surface area is 306 Å². The molecular formula is C46H35NO6. The van der Waals surface area contributed by atoms with Gasteiger partial charge >= 0.3 is 0 Å². The molecule has 2 fully saturated rings. The second kappa shape index (κ2) is 12.2. The Bertz CT molecular complexity index is 2450. The summed E-state index contributed by atoms with van der Waals surface area (Å²) in [5.41, 5.74) is 2.31. The topological polar surface area (TPSA) is 109 Å². The van der Waals surface area contributed by atoms with Gasteiger partial charge in [-0.3, -0.25) is 28.9 Å². The zero-order chi connectivity index (χ0) is 36.6. The number of carbonyl (C=O) groups excluding carboxylic acids is 5. The molecule has 2 amide bonds. The van der Waals surface area contributed by atoms with Crippen LogP contribution in [0.3, 0.4) is 0 Å². The summed E-state index contributed by atoms with van der Waals surface area (Å²) in [4.78, 5) is 72.7. The fourth-order valence-electron chi connectivity index (χ4n) is 9.88. The number of phenols is 1. The molecule has 1 saturated carbocycles. The molecule has 0 radical (unpaired) electrons. The number of allylic oxidation sites excluding steroid dienone is 4. The number of hydrogen-bond acceptors (Lipinski definition) is 6. The smallest absolute Gasteiger partial charge is 0.238 e. The lowest BCUT2D eigenvalue weighted by atomic mass is 9.44. The Balaban J connectivity index is 1.29. The Morgan fingerprint density at radius 1 is 0.755 bits per heavy atom. The first kappa shape index (κ1) is 32.7. The van der Waals surface area contributed by atoms with Crippen molar-refractivity contribution in [1.82, 2.24) is 0 Å². The van der Waals surface area contributed by atoms with Gasteiger partial charge in [0.1, 0.15) is 5.75 Å². The summed E-state index contributed by atoms with van der Waals surface area (Å²) in [6, 6.07) is 36.1. The molecule has 4 aliphatic rings. The number of fused-ring (bicyclic) bond motifs is 5. The summed E-state index contributed by atoms with van der Waals surface area (Å²) in [5, 5.41) is 13.5. The molecule has 6 unspecified atom stereocenters. The van der Waals surface area contributed by atoms with Crippen LogP contribution in [-0.2, 0) is 24.6 Å². The predicted octanol–water partition coefficient (Wildman–Crippen LogP) is 7.78. The molecule has 3 aliphatic carbocycles. The molecule has 0 aromatic heterocycles. The fraction of sp³-hybridized carbons (Fsp3) is 0.196. The van der Waals surface area contributed by atoms with Crippen LogP contribution in [0.15, 0.2) is 139 Å². The van der Waals surface area contributed by atoms with E-state index in [4.69, 9.17) is 0 Å². The SMILES string of the molecule is CC(=O)c1ccc(N2C(=O)C3CC=C4C(CC5C(=O)C(c6ccccc6)=CC(=O)C5(c5ccccc5)C4c4c(O)ccc5ccccc45)C3C2=O)cc1. The Hall–Kier alpha value is -6.21. The number of Topliss-reactive ketones (excluding diaryl/α,β-unsaturated/α-hetero) is 2. The van der Waals surface area contributed by atoms with Gasteiger partial charge in [-0.05, 0) is 84.0 Å². The van der Waals surface area contributed by atoms with Crippen molar-refractivity contribution in [2.45, 2.75) is 31.1 Å². The van der Waals surface area contributed by atoms with E-state index in [1.54, 1.807) is 30.3 Å². The number of anilines is 1. The van der Waals surface area contributed by atoms with Gasteiger partial charge in [-0.25, -0.2) is 0 Å². The van der Waals surface area contributed by atoms with Crippen LogP contribution in [0.5, 0.6) is 5.75 Å². The number of amides is 2. The van der Waals surface area contributed by atoms with Crippen LogP contribution in [-0.4, -0.2) is 34.3 Å². The van der Waals surface area contributed by atoms with Gasteiger partial charge in [-0.1, -0.05) is 103 Å². The molecule has 1 heterocycles. The van der Waals surface area contributed by atoms with Gasteiger partial charge in [-0.2, -0.15) is 0 Å². The van der Waals surface area contributed by atoms with Gasteiger partial charge in [0.15, 0.2) is 17.3 Å². The highest BCUT2D eigenvalue weighted by molar-refractivity contribution is 6.32. The number of ketones is 3. The monoisotopic (exact) mass is 697 g/mol. The normalized spacial score (nSPS) is 26.4. The van der Waals surface area contributed by atoms with Crippen LogP contribution in [0.1, 0.15) is 52.7 Å². The first-order chi connectivity index (χ1) is 25.7. The summed E-state index contributed by atoms with van der Waals surface area (Å²) in [7, 11) is 0. The Morgan fingerprint density at radius 3 is 2.15 bits per heavy atom. The molecule has 1 saturated heterocycles. The predicted molar refractivity (Wildman–Crippen MR) is 201 cm³/mol. The number of benzene rings is 5. The third-order valence-electron chi connectivity index (χ3n) is 12.1. The molecule has 7 nitrogen and oxygen atoms in total. The van der Waals surface area contributed by atoms with Crippen LogP contribution in [0.4, 0.5) is 5.69 Å². The number of rotatable bonds is 5. The molecule has 9 rings (SSSR count). The van der Waals surface area contributed by atoms with Crippen LogP contribution in [0, 0.1) is 23.7 Å². The van der Waals surface area contributed by atoms with Gasteiger partial charge < -0.3 is 5.11 Å². The van der Waals surface area contributed by atoms with E-state index in [1.165, 1.54) is 17.9 Å². The lowest BCUT2D eigenvalue weighted by Crippen LogP contribution is -2.58. The lowest BCUT2D eigenvalue weighted by molar-refractivity contribution is -0.135. The maximum Gasteiger partial charge on any atom is 0.238 e. The van der Waals surface area contributed by atoms with Crippen LogP contribution >= 0.6 is 0 Å². The average molecular weight is 698 g/mol. The van der Waals surface area contributed by atoms with E-state index in [-0.39, 0.29) is 47.8 Å². The molecule has 53 heavy (non-hydrogen) atoms. The van der Waals surface area contributed by atoms with E-state index in [9.17, 15) is 19.5 Å². The van der Waals surface area contributed by atoms with E-state index < -0.39 is 35.0 Å². The van der Waals surface area contributed by atoms with Crippen LogP contribution in [0.25, 0.3) is 16.3 Å². The van der Waals surface area contributed by atoms with E-state index in [0.29, 0.717) is 33.5 Å². The molecule has 0 spiro atoms. The fourth-order valence-corrected chi connectivity index (χ4v) is 9.88. The molecule has 5 aromatic carbocycles. The first-order valence-corrected chi connectivity index (χ1v) is 18.0. The number of imide groups is 1.